The molecule has 0 radical (unpaired) electrons. The minimum atomic E-state index is 0.0460. The summed E-state index contributed by atoms with van der Waals surface area (Å²) in [5.41, 5.74) is 8.50. The first-order valence-corrected chi connectivity index (χ1v) is 5.69. The van der Waals surface area contributed by atoms with E-state index in [1.165, 1.54) is 11.1 Å². The number of nitrogens with one attached hydrogen (secondary N) is 1. The summed E-state index contributed by atoms with van der Waals surface area (Å²) in [6, 6.07) is 8.40. The fourth-order valence-corrected chi connectivity index (χ4v) is 1.46. The normalized spacial score (nSPS) is 14.8. The summed E-state index contributed by atoms with van der Waals surface area (Å²) in [5, 5.41) is 3.30. The maximum absolute atomic E-state index is 6.07. The second-order valence-electron chi connectivity index (χ2n) is 4.22. The highest BCUT2D eigenvalue weighted by atomic mass is 16.5. The van der Waals surface area contributed by atoms with Crippen LogP contribution in [0.3, 0.4) is 0 Å². The smallest absolute Gasteiger partial charge is 0.0667 e. The van der Waals surface area contributed by atoms with Crippen LogP contribution in [0.2, 0.25) is 0 Å². The van der Waals surface area contributed by atoms with E-state index in [1.54, 1.807) is 7.11 Å². The Balaban J connectivity index is 2.35. The van der Waals surface area contributed by atoms with Crippen LogP contribution < -0.4 is 11.1 Å². The van der Waals surface area contributed by atoms with E-state index in [2.05, 4.69) is 36.5 Å². The predicted molar refractivity (Wildman–Crippen MR) is 67.4 cm³/mol. The van der Waals surface area contributed by atoms with E-state index < -0.39 is 0 Å². The summed E-state index contributed by atoms with van der Waals surface area (Å²) >= 11 is 0. The monoisotopic (exact) mass is 222 g/mol. The number of ether oxygens (including phenoxy) is 1. The van der Waals surface area contributed by atoms with E-state index in [1.807, 2.05) is 6.92 Å². The van der Waals surface area contributed by atoms with Crippen molar-refractivity contribution in [2.75, 3.05) is 20.2 Å². The fraction of sp³-hybridized carbons (Fsp3) is 0.538. The molecular formula is C13H22N2O. The average molecular weight is 222 g/mol. The molecule has 90 valence electrons. The van der Waals surface area contributed by atoms with Crippen LogP contribution in [0.4, 0.5) is 0 Å². The largest absolute Gasteiger partial charge is 0.380 e. The molecule has 0 amide bonds. The Kier molecular flexibility index (Phi) is 5.46. The summed E-state index contributed by atoms with van der Waals surface area (Å²) in [4.78, 5) is 0. The molecule has 3 heteroatoms. The lowest BCUT2D eigenvalue weighted by molar-refractivity contribution is 0.117. The minimum absolute atomic E-state index is 0.0460. The van der Waals surface area contributed by atoms with Gasteiger partial charge < -0.3 is 15.8 Å². The molecule has 0 saturated heterocycles. The van der Waals surface area contributed by atoms with Gasteiger partial charge in [0.25, 0.3) is 0 Å². The summed E-state index contributed by atoms with van der Waals surface area (Å²) in [7, 11) is 1.71. The second-order valence-corrected chi connectivity index (χ2v) is 4.22. The van der Waals surface area contributed by atoms with Crippen LogP contribution in [0.5, 0.6) is 0 Å². The topological polar surface area (TPSA) is 47.3 Å². The van der Waals surface area contributed by atoms with Crippen molar-refractivity contribution < 1.29 is 4.74 Å². The van der Waals surface area contributed by atoms with E-state index in [-0.39, 0.29) is 12.1 Å². The summed E-state index contributed by atoms with van der Waals surface area (Å²) in [6.45, 7) is 5.71. The van der Waals surface area contributed by atoms with Crippen LogP contribution in [0, 0.1) is 6.92 Å². The predicted octanol–water partition coefficient (Wildman–Crippen LogP) is 1.62. The van der Waals surface area contributed by atoms with Gasteiger partial charge in [0.1, 0.15) is 0 Å². The Morgan fingerprint density at radius 2 is 1.88 bits per heavy atom. The van der Waals surface area contributed by atoms with Gasteiger partial charge in [-0.05, 0) is 19.4 Å². The van der Waals surface area contributed by atoms with Gasteiger partial charge in [-0.2, -0.15) is 0 Å². The number of benzene rings is 1. The highest BCUT2D eigenvalue weighted by Gasteiger charge is 2.06. The molecule has 0 bridgehead atoms. The van der Waals surface area contributed by atoms with E-state index in [9.17, 15) is 0 Å². The van der Waals surface area contributed by atoms with Crippen molar-refractivity contribution in [3.63, 3.8) is 0 Å². The van der Waals surface area contributed by atoms with E-state index >= 15 is 0 Å². The highest BCUT2D eigenvalue weighted by Crippen LogP contribution is 2.10. The first kappa shape index (κ1) is 13.2. The molecule has 1 aromatic carbocycles. The lowest BCUT2D eigenvalue weighted by atomic mass is 10.1. The Morgan fingerprint density at radius 1 is 1.25 bits per heavy atom. The molecule has 1 rings (SSSR count). The zero-order valence-corrected chi connectivity index (χ0v) is 10.4. The first-order chi connectivity index (χ1) is 7.63. The van der Waals surface area contributed by atoms with Crippen molar-refractivity contribution in [3.8, 4) is 0 Å². The van der Waals surface area contributed by atoms with Crippen LogP contribution >= 0.6 is 0 Å². The molecule has 3 nitrogen and oxygen atoms in total. The molecular weight excluding hydrogens is 200 g/mol. The Bertz CT molecular complexity index is 297. The zero-order valence-electron chi connectivity index (χ0n) is 10.4. The molecule has 16 heavy (non-hydrogen) atoms. The first-order valence-electron chi connectivity index (χ1n) is 5.69. The third-order valence-electron chi connectivity index (χ3n) is 2.70. The third kappa shape index (κ3) is 4.31. The lowest BCUT2D eigenvalue weighted by Gasteiger charge is -2.15. The second kappa shape index (κ2) is 6.63. The van der Waals surface area contributed by atoms with Gasteiger partial charge in [0.2, 0.25) is 0 Å². The van der Waals surface area contributed by atoms with Gasteiger partial charge in [-0.15, -0.1) is 0 Å². The number of hydrogen-bond acceptors (Lipinski definition) is 3. The van der Waals surface area contributed by atoms with Crippen LogP contribution in [0.15, 0.2) is 24.3 Å². The lowest BCUT2D eigenvalue weighted by Crippen LogP contribution is -2.32. The molecule has 0 aliphatic heterocycles. The van der Waals surface area contributed by atoms with Crippen molar-refractivity contribution in [1.82, 2.24) is 5.32 Å². The average Bonchev–Trinajstić information content (AvgIpc) is 2.29. The van der Waals surface area contributed by atoms with Crippen molar-refractivity contribution in [1.29, 1.82) is 0 Å². The third-order valence-corrected chi connectivity index (χ3v) is 2.70. The molecule has 0 saturated carbocycles. The summed E-state index contributed by atoms with van der Waals surface area (Å²) < 4.78 is 5.15. The minimum Gasteiger partial charge on any atom is -0.380 e. The number of hydrogen-bond donors (Lipinski definition) is 2. The van der Waals surface area contributed by atoms with Gasteiger partial charge >= 0.3 is 0 Å². The Labute approximate surface area is 98.0 Å². The SMILES string of the molecule is COC(C)CNCC(N)c1ccc(C)cc1. The molecule has 0 aromatic heterocycles. The molecule has 0 fully saturated rings. The molecule has 1 aromatic rings. The molecule has 0 aliphatic rings. The van der Waals surface area contributed by atoms with Gasteiger partial charge in [-0.25, -0.2) is 0 Å². The molecule has 2 unspecified atom stereocenters. The van der Waals surface area contributed by atoms with Crippen molar-refractivity contribution in [2.45, 2.75) is 26.0 Å². The van der Waals surface area contributed by atoms with Gasteiger partial charge in [0, 0.05) is 26.2 Å². The van der Waals surface area contributed by atoms with Gasteiger partial charge in [0.05, 0.1) is 6.10 Å². The molecule has 0 spiro atoms. The van der Waals surface area contributed by atoms with Crippen LogP contribution in [-0.4, -0.2) is 26.3 Å². The Hall–Kier alpha value is -0.900. The fourth-order valence-electron chi connectivity index (χ4n) is 1.46. The van der Waals surface area contributed by atoms with Gasteiger partial charge in [-0.1, -0.05) is 29.8 Å². The quantitative estimate of drug-likeness (QED) is 0.769. The van der Waals surface area contributed by atoms with Gasteiger partial charge in [0.15, 0.2) is 0 Å². The van der Waals surface area contributed by atoms with Crippen molar-refractivity contribution in [2.24, 2.45) is 5.73 Å². The maximum Gasteiger partial charge on any atom is 0.0667 e. The number of nitrogens with two attached hydrogens (primary N) is 1. The molecule has 3 N–H and O–H groups in total. The molecule has 0 aliphatic carbocycles. The van der Waals surface area contributed by atoms with Gasteiger partial charge in [-0.3, -0.25) is 0 Å². The number of aryl methyl sites for hydroxylation is 1. The standard InChI is InChI=1S/C13H22N2O/c1-10-4-6-12(7-5-10)13(14)9-15-8-11(2)16-3/h4-7,11,13,15H,8-9,14H2,1-3H3. The molecule has 0 heterocycles. The zero-order chi connectivity index (χ0) is 12.0. The summed E-state index contributed by atoms with van der Waals surface area (Å²) in [6.07, 6.45) is 0.227. The number of rotatable bonds is 6. The summed E-state index contributed by atoms with van der Waals surface area (Å²) in [5.74, 6) is 0. The van der Waals surface area contributed by atoms with E-state index in [0.717, 1.165) is 13.1 Å². The van der Waals surface area contributed by atoms with Crippen molar-refractivity contribution >= 4 is 0 Å². The Morgan fingerprint density at radius 3 is 2.44 bits per heavy atom. The molecule has 2 atom stereocenters. The van der Waals surface area contributed by atoms with Crippen LogP contribution in [-0.2, 0) is 4.74 Å². The number of methoxy groups -OCH3 is 1. The van der Waals surface area contributed by atoms with Crippen LogP contribution in [0.25, 0.3) is 0 Å². The van der Waals surface area contributed by atoms with E-state index in [0.29, 0.717) is 0 Å². The maximum atomic E-state index is 6.07. The highest BCUT2D eigenvalue weighted by molar-refractivity contribution is 5.23. The van der Waals surface area contributed by atoms with E-state index in [4.69, 9.17) is 10.5 Å². The van der Waals surface area contributed by atoms with Crippen molar-refractivity contribution in [3.05, 3.63) is 35.4 Å². The van der Waals surface area contributed by atoms with Crippen LogP contribution in [0.1, 0.15) is 24.1 Å².